The molecule has 0 spiro atoms. The molecule has 0 saturated heterocycles. The van der Waals surface area contributed by atoms with Gasteiger partial charge in [0.15, 0.2) is 0 Å². The Morgan fingerprint density at radius 1 is 1.37 bits per heavy atom. The maximum Gasteiger partial charge on any atom is 1.00 e. The van der Waals surface area contributed by atoms with Crippen molar-refractivity contribution < 1.29 is 62.3 Å². The van der Waals surface area contributed by atoms with E-state index in [9.17, 15) is 17.8 Å². The number of benzene rings is 1. The summed E-state index contributed by atoms with van der Waals surface area (Å²) in [5.41, 5.74) is -0.405. The number of aliphatic hydroxyl groups excluding tert-OH is 2. The number of carbonyl (C=O) groups is 1. The van der Waals surface area contributed by atoms with Gasteiger partial charge in [0.25, 0.3) is 0 Å². The number of aliphatic hydroxyl groups is 2. The first-order valence-electron chi connectivity index (χ1n) is 4.87. The molecule has 19 heavy (non-hydrogen) atoms. The zero-order valence-electron chi connectivity index (χ0n) is 10.1. The molecule has 1 atom stereocenters. The van der Waals surface area contributed by atoms with Crippen LogP contribution in [0.4, 0.5) is 0 Å². The molecule has 0 aliphatic carbocycles. The van der Waals surface area contributed by atoms with Crippen LogP contribution in [0, 0.1) is 0 Å². The van der Waals surface area contributed by atoms with Crippen molar-refractivity contribution in [3.05, 3.63) is 29.8 Å². The van der Waals surface area contributed by atoms with Crippen LogP contribution in [0.1, 0.15) is 10.4 Å². The Morgan fingerprint density at radius 2 is 1.95 bits per heavy atom. The summed E-state index contributed by atoms with van der Waals surface area (Å²) in [6, 6.07) is 4.78. The molecule has 0 saturated carbocycles. The van der Waals surface area contributed by atoms with E-state index in [0.29, 0.717) is 0 Å². The van der Waals surface area contributed by atoms with Crippen LogP contribution in [0.15, 0.2) is 29.2 Å². The quantitative estimate of drug-likeness (QED) is 0.323. The first-order valence-corrected chi connectivity index (χ1v) is 6.28. The molecule has 7 nitrogen and oxygen atoms in total. The fourth-order valence-corrected chi connectivity index (χ4v) is 1.82. The van der Waals surface area contributed by atoms with Crippen LogP contribution in [0.25, 0.3) is 0 Å². The minimum Gasteiger partial charge on any atom is -0.744 e. The summed E-state index contributed by atoms with van der Waals surface area (Å²) in [6.45, 7) is -1.10. The molecule has 0 bridgehead atoms. The van der Waals surface area contributed by atoms with Crippen molar-refractivity contribution >= 4 is 16.1 Å². The van der Waals surface area contributed by atoms with Crippen LogP contribution >= 0.6 is 0 Å². The predicted molar refractivity (Wildman–Crippen MR) is 57.8 cm³/mol. The Labute approximate surface area is 132 Å². The molecule has 0 radical (unpaired) electrons. The summed E-state index contributed by atoms with van der Waals surface area (Å²) >= 11 is 0. The van der Waals surface area contributed by atoms with E-state index in [-0.39, 0.29) is 29.6 Å². The zero-order valence-corrected chi connectivity index (χ0v) is 13.0. The molecule has 1 unspecified atom stereocenters. The summed E-state index contributed by atoms with van der Waals surface area (Å²) in [5.74, 6) is -1.06. The predicted octanol–water partition coefficient (Wildman–Crippen LogP) is -3.90. The summed E-state index contributed by atoms with van der Waals surface area (Å²) in [6.07, 6.45) is -1.26. The first kappa shape index (κ1) is 18.5. The Balaban J connectivity index is 0.00000324. The zero-order chi connectivity index (χ0) is 13.8. The molecule has 0 aliphatic heterocycles. The molecule has 0 heterocycles. The van der Waals surface area contributed by atoms with Gasteiger partial charge in [-0.05, 0) is 12.1 Å². The van der Waals surface area contributed by atoms with Gasteiger partial charge in [0, 0.05) is 0 Å². The van der Waals surface area contributed by atoms with Crippen molar-refractivity contribution in [2.75, 3.05) is 13.2 Å². The average molecular weight is 298 g/mol. The van der Waals surface area contributed by atoms with Gasteiger partial charge in [0.1, 0.15) is 22.8 Å². The van der Waals surface area contributed by atoms with Crippen molar-refractivity contribution in [2.45, 2.75) is 11.0 Å². The van der Waals surface area contributed by atoms with E-state index < -0.39 is 45.9 Å². The Morgan fingerprint density at radius 3 is 2.47 bits per heavy atom. The molecule has 1 aromatic rings. The van der Waals surface area contributed by atoms with Crippen LogP contribution < -0.4 is 29.6 Å². The van der Waals surface area contributed by atoms with Gasteiger partial charge in [-0.25, -0.2) is 13.2 Å². The van der Waals surface area contributed by atoms with Gasteiger partial charge < -0.3 is 19.5 Å². The summed E-state index contributed by atoms with van der Waals surface area (Å²) in [5, 5.41) is 17.5. The molecule has 0 amide bonds. The normalized spacial score (nSPS) is 12.4. The monoisotopic (exact) mass is 298 g/mol. The number of hydrogen-bond donors (Lipinski definition) is 2. The maximum absolute atomic E-state index is 11.5. The largest absolute Gasteiger partial charge is 1.00 e. The second kappa shape index (κ2) is 7.95. The number of rotatable bonds is 5. The van der Waals surface area contributed by atoms with E-state index in [1.807, 2.05) is 0 Å². The molecular weight excluding hydrogens is 287 g/mol. The first-order chi connectivity index (χ1) is 8.36. The average Bonchev–Trinajstić information content (AvgIpc) is 2.34. The Hall–Kier alpha value is -0.480. The Bertz CT molecular complexity index is 528. The molecule has 0 aromatic heterocycles. The van der Waals surface area contributed by atoms with Crippen LogP contribution in [0.3, 0.4) is 0 Å². The molecule has 1 rings (SSSR count). The van der Waals surface area contributed by atoms with Gasteiger partial charge in [-0.2, -0.15) is 0 Å². The standard InChI is InChI=1S/C10H12O7S.Na/c11-5-7(12)6-17-10(13)8-3-1-2-4-9(8)18(14,15)16;/h1-4,7,11-12H,5-6H2,(H,14,15,16);/q;+1/p-1. The Kier molecular flexibility index (Phi) is 7.75. The van der Waals surface area contributed by atoms with Crippen LogP contribution in [0.5, 0.6) is 0 Å². The maximum atomic E-state index is 11.5. The van der Waals surface area contributed by atoms with E-state index in [1.54, 1.807) is 0 Å². The third kappa shape index (κ3) is 5.57. The van der Waals surface area contributed by atoms with Gasteiger partial charge in [-0.1, -0.05) is 12.1 Å². The van der Waals surface area contributed by atoms with Crippen LogP contribution in [-0.4, -0.2) is 48.5 Å². The molecular formula is C10H11NaO7S. The second-order valence-electron chi connectivity index (χ2n) is 3.39. The van der Waals surface area contributed by atoms with Crippen molar-refractivity contribution in [1.82, 2.24) is 0 Å². The van der Waals surface area contributed by atoms with Gasteiger partial charge in [0.2, 0.25) is 0 Å². The smallest absolute Gasteiger partial charge is 0.744 e. The molecule has 0 aliphatic rings. The molecule has 9 heteroatoms. The van der Waals surface area contributed by atoms with Gasteiger partial charge in [0.05, 0.1) is 17.1 Å². The molecule has 2 N–H and O–H groups in total. The molecule has 0 fully saturated rings. The van der Waals surface area contributed by atoms with E-state index >= 15 is 0 Å². The van der Waals surface area contributed by atoms with Crippen molar-refractivity contribution in [3.8, 4) is 0 Å². The van der Waals surface area contributed by atoms with Gasteiger partial charge >= 0.3 is 35.5 Å². The SMILES string of the molecule is O=C(OCC(O)CO)c1ccccc1S(=O)(=O)[O-].[Na+]. The fraction of sp³-hybridized carbons (Fsp3) is 0.300. The van der Waals surface area contributed by atoms with E-state index in [1.165, 1.54) is 12.1 Å². The second-order valence-corrected chi connectivity index (χ2v) is 4.73. The number of ether oxygens (including phenoxy) is 1. The van der Waals surface area contributed by atoms with Crippen LogP contribution in [-0.2, 0) is 14.9 Å². The third-order valence-electron chi connectivity index (χ3n) is 1.99. The van der Waals surface area contributed by atoms with E-state index in [4.69, 9.17) is 10.2 Å². The number of hydrogen-bond acceptors (Lipinski definition) is 7. The van der Waals surface area contributed by atoms with E-state index in [2.05, 4.69) is 4.74 Å². The van der Waals surface area contributed by atoms with Gasteiger partial charge in [-0.3, -0.25) is 0 Å². The molecule has 100 valence electrons. The van der Waals surface area contributed by atoms with E-state index in [0.717, 1.165) is 12.1 Å². The van der Waals surface area contributed by atoms with Crippen molar-refractivity contribution in [1.29, 1.82) is 0 Å². The van der Waals surface area contributed by atoms with Crippen molar-refractivity contribution in [2.24, 2.45) is 0 Å². The number of esters is 1. The minimum absolute atomic E-state index is 0. The summed E-state index contributed by atoms with van der Waals surface area (Å²) < 4.78 is 37.3. The molecule has 1 aromatic carbocycles. The fourth-order valence-electron chi connectivity index (χ4n) is 1.16. The van der Waals surface area contributed by atoms with Crippen molar-refractivity contribution in [3.63, 3.8) is 0 Å². The van der Waals surface area contributed by atoms with Crippen LogP contribution in [0.2, 0.25) is 0 Å². The van der Waals surface area contributed by atoms with Gasteiger partial charge in [-0.15, -0.1) is 0 Å². The summed E-state index contributed by atoms with van der Waals surface area (Å²) in [7, 11) is -4.79. The third-order valence-corrected chi connectivity index (χ3v) is 2.89. The topological polar surface area (TPSA) is 124 Å². The summed E-state index contributed by atoms with van der Waals surface area (Å²) in [4.78, 5) is 10.8. The number of carbonyl (C=O) groups excluding carboxylic acids is 1. The minimum atomic E-state index is -4.79.